The van der Waals surface area contributed by atoms with Crippen LogP contribution in [0.5, 0.6) is 0 Å². The lowest BCUT2D eigenvalue weighted by Crippen LogP contribution is -2.07. The Hall–Kier alpha value is 0.640. The molecule has 0 aromatic carbocycles. The van der Waals surface area contributed by atoms with E-state index in [4.69, 9.17) is 11.6 Å². The molecule has 0 amide bonds. The summed E-state index contributed by atoms with van der Waals surface area (Å²) in [6.45, 7) is 2.25. The summed E-state index contributed by atoms with van der Waals surface area (Å²) < 4.78 is 0. The molecule has 0 radical (unpaired) electrons. The topological polar surface area (TPSA) is 0 Å². The molecule has 0 heterocycles. The van der Waals surface area contributed by atoms with Gasteiger partial charge in [-0.3, -0.25) is 0 Å². The third-order valence-corrected chi connectivity index (χ3v) is 4.91. The first-order valence-electron chi connectivity index (χ1n) is 5.50. The molecular weight excluding hydrogens is 200 g/mol. The van der Waals surface area contributed by atoms with Gasteiger partial charge in [-0.1, -0.05) is 32.6 Å². The summed E-state index contributed by atoms with van der Waals surface area (Å²) in [5, 5.41) is 0.938. The zero-order valence-electron chi connectivity index (χ0n) is 8.60. The van der Waals surface area contributed by atoms with Crippen LogP contribution in [-0.4, -0.2) is 16.9 Å². The van der Waals surface area contributed by atoms with Crippen molar-refractivity contribution in [1.29, 1.82) is 0 Å². The third-order valence-electron chi connectivity index (χ3n) is 2.68. The van der Waals surface area contributed by atoms with Crippen LogP contribution in [0.15, 0.2) is 0 Å². The molecule has 1 rings (SSSR count). The second kappa shape index (κ2) is 7.00. The summed E-state index contributed by atoms with van der Waals surface area (Å²) in [6.07, 6.45) is 8.71. The Morgan fingerprint density at radius 1 is 1.23 bits per heavy atom. The van der Waals surface area contributed by atoms with Crippen LogP contribution >= 0.6 is 23.4 Å². The zero-order valence-corrected chi connectivity index (χ0v) is 10.2. The van der Waals surface area contributed by atoms with E-state index in [-0.39, 0.29) is 0 Å². The second-order valence-electron chi connectivity index (χ2n) is 4.21. The lowest BCUT2D eigenvalue weighted by molar-refractivity contribution is 0.702. The van der Waals surface area contributed by atoms with Gasteiger partial charge in [0.1, 0.15) is 0 Å². The van der Waals surface area contributed by atoms with E-state index in [1.165, 1.54) is 44.3 Å². The summed E-state index contributed by atoms with van der Waals surface area (Å²) in [4.78, 5) is 0. The third kappa shape index (κ3) is 5.17. The highest BCUT2D eigenvalue weighted by molar-refractivity contribution is 7.99. The molecule has 1 aliphatic rings. The van der Waals surface area contributed by atoms with Crippen molar-refractivity contribution in [3.63, 3.8) is 0 Å². The maximum absolute atomic E-state index is 5.79. The Morgan fingerprint density at radius 3 is 2.38 bits per heavy atom. The highest BCUT2D eigenvalue weighted by Gasteiger charge is 2.13. The van der Waals surface area contributed by atoms with Crippen molar-refractivity contribution in [2.45, 2.75) is 50.7 Å². The van der Waals surface area contributed by atoms with Crippen LogP contribution in [0.25, 0.3) is 0 Å². The molecule has 13 heavy (non-hydrogen) atoms. The number of alkyl halides is 1. The summed E-state index contributed by atoms with van der Waals surface area (Å²) >= 11 is 7.95. The van der Waals surface area contributed by atoms with Gasteiger partial charge in [0.25, 0.3) is 0 Å². The highest BCUT2D eigenvalue weighted by Crippen LogP contribution is 2.28. The van der Waals surface area contributed by atoms with Crippen molar-refractivity contribution < 1.29 is 0 Å². The molecule has 78 valence electrons. The fourth-order valence-electron chi connectivity index (χ4n) is 1.75. The largest absolute Gasteiger partial charge is 0.158 e. The lowest BCUT2D eigenvalue weighted by Gasteiger charge is -2.15. The van der Waals surface area contributed by atoms with Crippen LogP contribution in [0.3, 0.4) is 0 Å². The van der Waals surface area contributed by atoms with E-state index < -0.39 is 0 Å². The van der Waals surface area contributed by atoms with Crippen LogP contribution < -0.4 is 0 Å². The van der Waals surface area contributed by atoms with E-state index in [0.717, 1.165) is 11.1 Å². The average molecular weight is 221 g/mol. The normalized spacial score (nSPS) is 22.6. The number of hydrogen-bond acceptors (Lipinski definition) is 1. The maximum Gasteiger partial charge on any atom is 0.0257 e. The van der Waals surface area contributed by atoms with Gasteiger partial charge in [0, 0.05) is 11.1 Å². The summed E-state index contributed by atoms with van der Waals surface area (Å²) in [5.74, 6) is 2.77. The number of thioether (sulfide) groups is 1. The van der Waals surface area contributed by atoms with E-state index in [0.29, 0.717) is 5.92 Å². The molecule has 1 fully saturated rings. The molecule has 0 bridgehead atoms. The molecule has 2 heteroatoms. The summed E-state index contributed by atoms with van der Waals surface area (Å²) in [6, 6.07) is 0. The Balaban J connectivity index is 2.11. The van der Waals surface area contributed by atoms with Gasteiger partial charge in [0.15, 0.2) is 0 Å². The number of halogens is 1. The highest BCUT2D eigenvalue weighted by atomic mass is 35.5. The predicted molar refractivity (Wildman–Crippen MR) is 63.8 cm³/mol. The van der Waals surface area contributed by atoms with Gasteiger partial charge >= 0.3 is 0 Å². The molecular formula is C11H21ClS. The van der Waals surface area contributed by atoms with Crippen LogP contribution in [-0.2, 0) is 0 Å². The van der Waals surface area contributed by atoms with Crippen LogP contribution in [0.4, 0.5) is 0 Å². The minimum absolute atomic E-state index is 0.690. The quantitative estimate of drug-likeness (QED) is 0.503. The van der Waals surface area contributed by atoms with Crippen LogP contribution in [0.1, 0.15) is 45.4 Å². The van der Waals surface area contributed by atoms with Crippen molar-refractivity contribution in [1.82, 2.24) is 0 Å². The van der Waals surface area contributed by atoms with Crippen molar-refractivity contribution >= 4 is 23.4 Å². The maximum atomic E-state index is 5.79. The first-order valence-corrected chi connectivity index (χ1v) is 7.09. The minimum atomic E-state index is 0.690. The molecule has 0 aromatic heterocycles. The van der Waals surface area contributed by atoms with Crippen LogP contribution in [0, 0.1) is 5.92 Å². The van der Waals surface area contributed by atoms with E-state index in [1.54, 1.807) is 0 Å². The van der Waals surface area contributed by atoms with Gasteiger partial charge in [-0.05, 0) is 24.5 Å². The molecule has 1 atom stereocenters. The van der Waals surface area contributed by atoms with Crippen molar-refractivity contribution in [2.75, 3.05) is 11.6 Å². The average Bonchev–Trinajstić information content (AvgIpc) is 2.42. The van der Waals surface area contributed by atoms with Gasteiger partial charge in [0.2, 0.25) is 0 Å². The fourth-order valence-corrected chi connectivity index (χ4v) is 3.38. The van der Waals surface area contributed by atoms with E-state index in [1.807, 2.05) is 0 Å². The van der Waals surface area contributed by atoms with Gasteiger partial charge < -0.3 is 0 Å². The number of hydrogen-bond donors (Lipinski definition) is 0. The summed E-state index contributed by atoms with van der Waals surface area (Å²) in [5.41, 5.74) is 0. The Bertz CT molecular complexity index is 119. The van der Waals surface area contributed by atoms with E-state index in [2.05, 4.69) is 18.7 Å². The first kappa shape index (κ1) is 11.7. The van der Waals surface area contributed by atoms with E-state index >= 15 is 0 Å². The van der Waals surface area contributed by atoms with Gasteiger partial charge in [-0.15, -0.1) is 11.6 Å². The van der Waals surface area contributed by atoms with Gasteiger partial charge in [-0.25, -0.2) is 0 Å². The van der Waals surface area contributed by atoms with Gasteiger partial charge in [0.05, 0.1) is 0 Å². The number of rotatable bonds is 4. The molecule has 1 unspecified atom stereocenters. The molecule has 1 aliphatic carbocycles. The van der Waals surface area contributed by atoms with Crippen LogP contribution in [0.2, 0.25) is 0 Å². The lowest BCUT2D eigenvalue weighted by atomic mass is 10.2. The summed E-state index contributed by atoms with van der Waals surface area (Å²) in [7, 11) is 0. The van der Waals surface area contributed by atoms with Crippen molar-refractivity contribution in [3.8, 4) is 0 Å². The molecule has 0 spiro atoms. The Labute approximate surface area is 91.8 Å². The fraction of sp³-hybridized carbons (Fsp3) is 1.00. The second-order valence-corrected chi connectivity index (χ2v) is 5.85. The predicted octanol–water partition coefficient (Wildman–Crippen LogP) is 4.32. The molecule has 0 N–H and O–H groups in total. The van der Waals surface area contributed by atoms with Crippen molar-refractivity contribution in [2.24, 2.45) is 5.92 Å². The zero-order chi connectivity index (χ0) is 9.52. The molecule has 1 saturated carbocycles. The molecule has 0 aliphatic heterocycles. The monoisotopic (exact) mass is 220 g/mol. The van der Waals surface area contributed by atoms with E-state index in [9.17, 15) is 0 Å². The smallest absolute Gasteiger partial charge is 0.0257 e. The first-order chi connectivity index (χ1) is 6.33. The molecule has 0 aromatic rings. The minimum Gasteiger partial charge on any atom is -0.158 e. The standard InChI is InChI=1S/C11H21ClS/c1-10(8-12)9-13-11-6-4-2-3-5-7-11/h10-11H,2-9H2,1H3. The molecule has 0 saturated heterocycles. The molecule has 0 nitrogen and oxygen atoms in total. The Kier molecular flexibility index (Phi) is 6.31. The van der Waals surface area contributed by atoms with Gasteiger partial charge in [-0.2, -0.15) is 11.8 Å². The van der Waals surface area contributed by atoms with Crippen molar-refractivity contribution in [3.05, 3.63) is 0 Å². The Morgan fingerprint density at radius 2 is 1.85 bits per heavy atom. The SMILES string of the molecule is CC(CCl)CSC1CCCCCC1.